The number of hydrogen-bond donors (Lipinski definition) is 1. The predicted molar refractivity (Wildman–Crippen MR) is 150 cm³/mol. The maximum atomic E-state index is 13.4. The van der Waals surface area contributed by atoms with Gasteiger partial charge in [-0.25, -0.2) is 0 Å². The summed E-state index contributed by atoms with van der Waals surface area (Å²) in [6.45, 7) is 5.67. The van der Waals surface area contributed by atoms with Gasteiger partial charge in [-0.1, -0.05) is 72.8 Å². The van der Waals surface area contributed by atoms with Crippen molar-refractivity contribution in [3.8, 4) is 5.75 Å². The first-order valence-electron chi connectivity index (χ1n) is 13.6. The van der Waals surface area contributed by atoms with Gasteiger partial charge in [0.25, 0.3) is 5.91 Å². The fourth-order valence-corrected chi connectivity index (χ4v) is 5.59. The number of unbranched alkanes of at least 4 members (excludes halogenated alkanes) is 1. The molecule has 2 saturated heterocycles. The molecule has 5 rings (SSSR count). The zero-order valence-electron chi connectivity index (χ0n) is 22.1. The van der Waals surface area contributed by atoms with Crippen molar-refractivity contribution in [3.05, 3.63) is 102 Å². The van der Waals surface area contributed by atoms with Gasteiger partial charge in [-0.3, -0.25) is 14.5 Å². The molecule has 2 aliphatic rings. The Morgan fingerprint density at radius 1 is 0.816 bits per heavy atom. The molecule has 2 fully saturated rings. The summed E-state index contributed by atoms with van der Waals surface area (Å²) in [7, 11) is 1.72. The van der Waals surface area contributed by atoms with Crippen LogP contribution in [-0.2, 0) is 9.59 Å². The van der Waals surface area contributed by atoms with Crippen molar-refractivity contribution in [2.45, 2.75) is 19.3 Å². The Kier molecular flexibility index (Phi) is 8.19. The predicted octanol–water partition coefficient (Wildman–Crippen LogP) is 3.44. The first kappa shape index (κ1) is 25.7. The lowest BCUT2D eigenvalue weighted by molar-refractivity contribution is -0.900. The van der Waals surface area contributed by atoms with E-state index in [9.17, 15) is 9.59 Å². The molecule has 0 spiro atoms. The molecular formula is C32H36N3O3+. The van der Waals surface area contributed by atoms with Crippen LogP contribution in [0.25, 0.3) is 5.57 Å². The van der Waals surface area contributed by atoms with E-state index in [1.165, 1.54) is 4.90 Å². The number of methoxy groups -OCH3 is 1. The zero-order chi connectivity index (χ0) is 26.3. The molecule has 0 radical (unpaired) electrons. The van der Waals surface area contributed by atoms with Gasteiger partial charge in [0.15, 0.2) is 0 Å². The van der Waals surface area contributed by atoms with Crippen molar-refractivity contribution in [2.75, 3.05) is 51.3 Å². The van der Waals surface area contributed by atoms with E-state index < -0.39 is 0 Å². The van der Waals surface area contributed by atoms with E-state index in [0.717, 1.165) is 73.7 Å². The van der Waals surface area contributed by atoms with Crippen LogP contribution in [0.1, 0.15) is 30.4 Å². The number of piperazine rings is 1. The second-order valence-corrected chi connectivity index (χ2v) is 9.98. The molecule has 196 valence electrons. The Morgan fingerprint density at radius 2 is 1.42 bits per heavy atom. The van der Waals surface area contributed by atoms with E-state index in [1.807, 2.05) is 72.8 Å². The normalized spacial score (nSPS) is 16.3. The lowest BCUT2D eigenvalue weighted by atomic mass is 9.92. The molecule has 0 unspecified atom stereocenters. The molecule has 6 nitrogen and oxygen atoms in total. The van der Waals surface area contributed by atoms with Crippen molar-refractivity contribution in [1.29, 1.82) is 0 Å². The Bertz CT molecular complexity index is 1240. The smallest absolute Gasteiger partial charge is 0.257 e. The second kappa shape index (κ2) is 12.1. The van der Waals surface area contributed by atoms with E-state index in [0.29, 0.717) is 12.1 Å². The number of carbonyl (C=O) groups excluding carboxylic acids is 2. The summed E-state index contributed by atoms with van der Waals surface area (Å²) >= 11 is 0. The average molecular weight is 511 g/mol. The monoisotopic (exact) mass is 510 g/mol. The summed E-state index contributed by atoms with van der Waals surface area (Å²) in [5.74, 6) is 0.689. The number of nitrogens with one attached hydrogen (secondary N) is 1. The molecule has 0 bridgehead atoms. The molecule has 2 aliphatic heterocycles. The zero-order valence-corrected chi connectivity index (χ0v) is 22.1. The maximum Gasteiger partial charge on any atom is 0.257 e. The molecule has 3 aromatic rings. The second-order valence-electron chi connectivity index (χ2n) is 9.98. The van der Waals surface area contributed by atoms with Crippen molar-refractivity contribution in [3.63, 3.8) is 0 Å². The topological polar surface area (TPSA) is 54.3 Å². The molecule has 6 heteroatoms. The van der Waals surface area contributed by atoms with Gasteiger partial charge in [-0.05, 0) is 41.7 Å². The largest absolute Gasteiger partial charge is 0.495 e. The Balaban J connectivity index is 1.17. The summed E-state index contributed by atoms with van der Waals surface area (Å²) in [6.07, 6.45) is 1.98. The van der Waals surface area contributed by atoms with Crippen LogP contribution in [0, 0.1) is 0 Å². The Hall–Kier alpha value is -3.90. The Labute approximate surface area is 225 Å². The fourth-order valence-electron chi connectivity index (χ4n) is 5.59. The standard InChI is InChI=1S/C32H35N3O3/c1-38-29-17-9-8-16-28(29)34-22-20-33(21-23-34)18-10-11-19-35-30(36)24-27(32(35)37)31(25-12-4-2-5-13-25)26-14-6-3-7-15-26/h2-9,12-17H,10-11,18-24H2,1H3/p+1. The number of hydrogen-bond acceptors (Lipinski definition) is 4. The number of quaternary nitrogens is 1. The van der Waals surface area contributed by atoms with Crippen molar-refractivity contribution in [1.82, 2.24) is 4.90 Å². The van der Waals surface area contributed by atoms with Crippen LogP contribution in [0.4, 0.5) is 5.69 Å². The number of imide groups is 1. The Morgan fingerprint density at radius 3 is 2.05 bits per heavy atom. The molecule has 3 aromatic carbocycles. The summed E-state index contributed by atoms with van der Waals surface area (Å²) < 4.78 is 5.53. The first-order chi connectivity index (χ1) is 18.7. The number of benzene rings is 3. The van der Waals surface area contributed by atoms with Gasteiger partial charge in [0.2, 0.25) is 5.91 Å². The maximum absolute atomic E-state index is 13.4. The van der Waals surface area contributed by atoms with E-state index in [-0.39, 0.29) is 18.2 Å². The van der Waals surface area contributed by atoms with Crippen LogP contribution >= 0.6 is 0 Å². The van der Waals surface area contributed by atoms with E-state index in [1.54, 1.807) is 12.0 Å². The summed E-state index contributed by atoms with van der Waals surface area (Å²) in [5.41, 5.74) is 4.56. The number of ether oxygens (including phenoxy) is 1. The molecule has 0 atom stereocenters. The summed E-state index contributed by atoms with van der Waals surface area (Å²) in [6, 6.07) is 28.0. The third-order valence-electron chi connectivity index (χ3n) is 7.62. The molecule has 0 saturated carbocycles. The minimum atomic E-state index is -0.143. The third kappa shape index (κ3) is 5.65. The molecule has 2 heterocycles. The van der Waals surface area contributed by atoms with E-state index in [4.69, 9.17) is 4.74 Å². The lowest BCUT2D eigenvalue weighted by Gasteiger charge is -2.34. The number of anilines is 1. The SMILES string of the molecule is COc1ccccc1N1CC[NH+](CCCCN2C(=O)CC(=C(c3ccccc3)c3ccccc3)C2=O)CC1. The minimum Gasteiger partial charge on any atom is -0.495 e. The van der Waals surface area contributed by atoms with Gasteiger partial charge in [-0.15, -0.1) is 0 Å². The highest BCUT2D eigenvalue weighted by Gasteiger charge is 2.36. The molecular weight excluding hydrogens is 474 g/mol. The number of likely N-dealkylation sites (tertiary alicyclic amines) is 1. The van der Waals surface area contributed by atoms with Crippen LogP contribution in [0.15, 0.2) is 90.5 Å². The number of amides is 2. The van der Waals surface area contributed by atoms with Crippen LogP contribution in [-0.4, -0.2) is 63.1 Å². The molecule has 2 amide bonds. The first-order valence-corrected chi connectivity index (χ1v) is 13.6. The van der Waals surface area contributed by atoms with Gasteiger partial charge < -0.3 is 14.5 Å². The van der Waals surface area contributed by atoms with Gasteiger partial charge >= 0.3 is 0 Å². The molecule has 1 N–H and O–H groups in total. The molecule has 38 heavy (non-hydrogen) atoms. The van der Waals surface area contributed by atoms with Crippen molar-refractivity contribution >= 4 is 23.1 Å². The van der Waals surface area contributed by atoms with E-state index in [2.05, 4.69) is 17.0 Å². The summed E-state index contributed by atoms with van der Waals surface area (Å²) in [5, 5.41) is 0. The van der Waals surface area contributed by atoms with Gasteiger partial charge in [-0.2, -0.15) is 0 Å². The van der Waals surface area contributed by atoms with Crippen LogP contribution in [0.2, 0.25) is 0 Å². The van der Waals surface area contributed by atoms with Crippen molar-refractivity contribution in [2.24, 2.45) is 0 Å². The fraction of sp³-hybridized carbons (Fsp3) is 0.312. The van der Waals surface area contributed by atoms with E-state index >= 15 is 0 Å². The number of nitrogens with zero attached hydrogens (tertiary/aromatic N) is 2. The van der Waals surface area contributed by atoms with Crippen LogP contribution in [0.5, 0.6) is 5.75 Å². The highest BCUT2D eigenvalue weighted by atomic mass is 16.5. The van der Waals surface area contributed by atoms with Crippen molar-refractivity contribution < 1.29 is 19.2 Å². The quantitative estimate of drug-likeness (QED) is 0.272. The number of carbonyl (C=O) groups is 2. The molecule has 0 aromatic heterocycles. The minimum absolute atomic E-state index is 0.0906. The average Bonchev–Trinajstić information content (AvgIpc) is 3.25. The van der Waals surface area contributed by atoms with Crippen LogP contribution < -0.4 is 14.5 Å². The van der Waals surface area contributed by atoms with Gasteiger partial charge in [0.1, 0.15) is 5.75 Å². The molecule has 0 aliphatic carbocycles. The highest BCUT2D eigenvalue weighted by molar-refractivity contribution is 6.18. The summed E-state index contributed by atoms with van der Waals surface area (Å²) in [4.78, 5) is 31.8. The number of para-hydroxylation sites is 2. The number of rotatable bonds is 9. The lowest BCUT2D eigenvalue weighted by Crippen LogP contribution is -3.14. The van der Waals surface area contributed by atoms with Gasteiger partial charge in [0, 0.05) is 12.1 Å². The van der Waals surface area contributed by atoms with Crippen LogP contribution in [0.3, 0.4) is 0 Å². The third-order valence-corrected chi connectivity index (χ3v) is 7.62. The highest BCUT2D eigenvalue weighted by Crippen LogP contribution is 2.33. The van der Waals surface area contributed by atoms with Gasteiger partial charge in [0.05, 0.1) is 51.9 Å².